The maximum Gasteiger partial charge on any atom is 0.328 e. The van der Waals surface area contributed by atoms with Crippen LogP contribution in [0.3, 0.4) is 0 Å². The minimum Gasteiger partial charge on any atom is -0.478 e. The summed E-state index contributed by atoms with van der Waals surface area (Å²) >= 11 is 0. The lowest BCUT2D eigenvalue weighted by molar-refractivity contribution is -0.385. The quantitative estimate of drug-likeness (QED) is 0.372. The van der Waals surface area contributed by atoms with Gasteiger partial charge in [-0.2, -0.15) is 0 Å². The molecular weight excluding hydrogens is 226 g/mol. The van der Waals surface area contributed by atoms with Crippen molar-refractivity contribution in [2.45, 2.75) is 6.92 Å². The van der Waals surface area contributed by atoms with Crippen LogP contribution in [0.4, 0.5) is 5.69 Å². The Balaban J connectivity index is 3.27. The molecule has 0 radical (unpaired) electrons. The molecule has 1 aromatic carbocycles. The molecule has 1 aromatic rings. The number of nitro groups is 1. The van der Waals surface area contributed by atoms with E-state index < -0.39 is 10.9 Å². The van der Waals surface area contributed by atoms with Crippen molar-refractivity contribution in [3.63, 3.8) is 0 Å². The number of hydrogen-bond acceptors (Lipinski definition) is 4. The van der Waals surface area contributed by atoms with E-state index in [9.17, 15) is 19.7 Å². The molecule has 1 rings (SSSR count). The maximum absolute atomic E-state index is 11.1. The predicted molar refractivity (Wildman–Crippen MR) is 59.8 cm³/mol. The van der Waals surface area contributed by atoms with E-state index in [1.165, 1.54) is 19.1 Å². The molecule has 0 aliphatic rings. The summed E-state index contributed by atoms with van der Waals surface area (Å²) in [4.78, 5) is 31.5. The third-order valence-corrected chi connectivity index (χ3v) is 2.04. The second-order valence-electron chi connectivity index (χ2n) is 3.26. The molecule has 0 bridgehead atoms. The average Bonchev–Trinajstić information content (AvgIpc) is 2.25. The molecular formula is C11H9NO5. The fourth-order valence-corrected chi connectivity index (χ4v) is 1.22. The minimum absolute atomic E-state index is 0.141. The number of carbonyl (C=O) groups excluding carboxylic acids is 1. The number of carboxylic acid groups (broad SMARTS) is 1. The molecule has 6 heteroatoms. The molecule has 0 aromatic heterocycles. The van der Waals surface area contributed by atoms with Gasteiger partial charge in [-0.05, 0) is 19.1 Å². The van der Waals surface area contributed by atoms with Crippen LogP contribution in [0.25, 0.3) is 6.08 Å². The van der Waals surface area contributed by atoms with Gasteiger partial charge < -0.3 is 5.11 Å². The van der Waals surface area contributed by atoms with Gasteiger partial charge in [-0.1, -0.05) is 6.07 Å². The van der Waals surface area contributed by atoms with E-state index in [2.05, 4.69) is 0 Å². The first-order valence-electron chi connectivity index (χ1n) is 4.62. The highest BCUT2D eigenvalue weighted by molar-refractivity contribution is 5.95. The summed E-state index contributed by atoms with van der Waals surface area (Å²) in [7, 11) is 0. The molecule has 0 fully saturated rings. The zero-order valence-corrected chi connectivity index (χ0v) is 8.91. The first kappa shape index (κ1) is 12.6. The smallest absolute Gasteiger partial charge is 0.328 e. The van der Waals surface area contributed by atoms with Gasteiger partial charge >= 0.3 is 5.97 Å². The summed E-state index contributed by atoms with van der Waals surface area (Å²) in [6, 6.07) is 3.88. The molecule has 0 saturated heterocycles. The van der Waals surface area contributed by atoms with Crippen molar-refractivity contribution >= 4 is 23.5 Å². The number of nitrogens with zero attached hydrogens (tertiary/aromatic N) is 1. The Kier molecular flexibility index (Phi) is 3.71. The number of Topliss-reactive ketones (excluding diaryl/α,β-unsaturated/α-hetero) is 1. The van der Waals surface area contributed by atoms with Gasteiger partial charge in [-0.3, -0.25) is 14.9 Å². The van der Waals surface area contributed by atoms with E-state index in [0.29, 0.717) is 0 Å². The minimum atomic E-state index is -1.20. The van der Waals surface area contributed by atoms with Gasteiger partial charge in [0, 0.05) is 17.7 Å². The topological polar surface area (TPSA) is 97.5 Å². The van der Waals surface area contributed by atoms with E-state index in [4.69, 9.17) is 5.11 Å². The molecule has 0 heterocycles. The maximum atomic E-state index is 11.1. The molecule has 0 atom stereocenters. The van der Waals surface area contributed by atoms with Crippen LogP contribution in [0, 0.1) is 10.1 Å². The molecule has 0 aliphatic heterocycles. The van der Waals surface area contributed by atoms with E-state index in [1.807, 2.05) is 0 Å². The molecule has 88 valence electrons. The van der Waals surface area contributed by atoms with Gasteiger partial charge in [0.15, 0.2) is 5.78 Å². The van der Waals surface area contributed by atoms with Crippen molar-refractivity contribution < 1.29 is 19.6 Å². The van der Waals surface area contributed by atoms with Gasteiger partial charge in [-0.15, -0.1) is 0 Å². The summed E-state index contributed by atoms with van der Waals surface area (Å²) in [5.41, 5.74) is 0.0572. The Hall–Kier alpha value is -2.50. The molecule has 0 aliphatic carbocycles. The standard InChI is InChI=1S/C11H9NO5/c1-7(13)9-3-2-8(4-5-11(14)15)10(6-9)12(16)17/h2-6H,1H3,(H,14,15). The van der Waals surface area contributed by atoms with Crippen LogP contribution in [0.1, 0.15) is 22.8 Å². The largest absolute Gasteiger partial charge is 0.478 e. The molecule has 0 amide bonds. The van der Waals surface area contributed by atoms with Crippen molar-refractivity contribution in [2.24, 2.45) is 0 Å². The van der Waals surface area contributed by atoms with E-state index >= 15 is 0 Å². The second kappa shape index (κ2) is 5.02. The molecule has 6 nitrogen and oxygen atoms in total. The Morgan fingerprint density at radius 3 is 2.53 bits per heavy atom. The zero-order valence-electron chi connectivity index (χ0n) is 8.91. The number of carbonyl (C=O) groups is 2. The second-order valence-corrected chi connectivity index (χ2v) is 3.26. The van der Waals surface area contributed by atoms with Crippen molar-refractivity contribution in [1.82, 2.24) is 0 Å². The molecule has 0 saturated carbocycles. The van der Waals surface area contributed by atoms with Crippen molar-refractivity contribution in [3.8, 4) is 0 Å². The van der Waals surface area contributed by atoms with E-state index in [-0.39, 0.29) is 22.6 Å². The number of benzene rings is 1. The summed E-state index contributed by atoms with van der Waals surface area (Å²) in [5, 5.41) is 19.2. The Bertz CT molecular complexity index is 519. The number of aliphatic carboxylic acids is 1. The third kappa shape index (κ3) is 3.23. The Morgan fingerprint density at radius 2 is 2.06 bits per heavy atom. The van der Waals surface area contributed by atoms with Gasteiger partial charge in [0.25, 0.3) is 5.69 Å². The fourth-order valence-electron chi connectivity index (χ4n) is 1.22. The number of nitro benzene ring substituents is 1. The number of rotatable bonds is 4. The summed E-state index contributed by atoms with van der Waals surface area (Å²) in [6.45, 7) is 1.30. The van der Waals surface area contributed by atoms with Crippen molar-refractivity contribution in [3.05, 3.63) is 45.5 Å². The summed E-state index contributed by atoms with van der Waals surface area (Å²) in [6.07, 6.45) is 1.92. The Morgan fingerprint density at radius 1 is 1.41 bits per heavy atom. The van der Waals surface area contributed by atoms with E-state index in [1.54, 1.807) is 0 Å². The highest BCUT2D eigenvalue weighted by atomic mass is 16.6. The first-order valence-corrected chi connectivity index (χ1v) is 4.62. The van der Waals surface area contributed by atoms with Crippen LogP contribution >= 0.6 is 0 Å². The third-order valence-electron chi connectivity index (χ3n) is 2.04. The zero-order chi connectivity index (χ0) is 13.0. The molecule has 1 N–H and O–H groups in total. The normalized spacial score (nSPS) is 10.4. The van der Waals surface area contributed by atoms with Gasteiger partial charge in [0.1, 0.15) is 0 Å². The average molecular weight is 235 g/mol. The molecule has 0 spiro atoms. The molecule has 17 heavy (non-hydrogen) atoms. The number of hydrogen-bond donors (Lipinski definition) is 1. The lowest BCUT2D eigenvalue weighted by Gasteiger charge is -1.99. The van der Waals surface area contributed by atoms with Crippen LogP contribution in [0.2, 0.25) is 0 Å². The van der Waals surface area contributed by atoms with Crippen molar-refractivity contribution in [1.29, 1.82) is 0 Å². The lowest BCUT2D eigenvalue weighted by Crippen LogP contribution is -1.97. The number of ketones is 1. The lowest BCUT2D eigenvalue weighted by atomic mass is 10.1. The predicted octanol–water partition coefficient (Wildman–Crippen LogP) is 1.90. The van der Waals surface area contributed by atoms with E-state index in [0.717, 1.165) is 18.2 Å². The van der Waals surface area contributed by atoms with Crippen LogP contribution < -0.4 is 0 Å². The summed E-state index contributed by atoms with van der Waals surface area (Å²) < 4.78 is 0. The number of carboxylic acids is 1. The van der Waals surface area contributed by atoms with Crippen LogP contribution in [0.15, 0.2) is 24.3 Å². The molecule has 0 unspecified atom stereocenters. The van der Waals surface area contributed by atoms with Crippen LogP contribution in [-0.4, -0.2) is 21.8 Å². The van der Waals surface area contributed by atoms with Crippen LogP contribution in [0.5, 0.6) is 0 Å². The Labute approximate surface area is 96.3 Å². The van der Waals surface area contributed by atoms with Gasteiger partial charge in [0.05, 0.1) is 10.5 Å². The highest BCUT2D eigenvalue weighted by Gasteiger charge is 2.14. The summed E-state index contributed by atoms with van der Waals surface area (Å²) in [5.74, 6) is -1.49. The van der Waals surface area contributed by atoms with Crippen molar-refractivity contribution in [2.75, 3.05) is 0 Å². The SMILES string of the molecule is CC(=O)c1ccc(C=CC(=O)O)c([N+](=O)[O-])c1. The van der Waals surface area contributed by atoms with Gasteiger partial charge in [0.2, 0.25) is 0 Å². The fraction of sp³-hybridized carbons (Fsp3) is 0.0909. The first-order chi connectivity index (χ1) is 7.91. The monoisotopic (exact) mass is 235 g/mol. The van der Waals surface area contributed by atoms with Gasteiger partial charge in [-0.25, -0.2) is 4.79 Å². The highest BCUT2D eigenvalue weighted by Crippen LogP contribution is 2.22. The van der Waals surface area contributed by atoms with Crippen LogP contribution in [-0.2, 0) is 4.79 Å².